The topological polar surface area (TPSA) is 50.9 Å². The Morgan fingerprint density at radius 3 is 2.75 bits per heavy atom. The van der Waals surface area contributed by atoms with Crippen LogP contribution in [0.15, 0.2) is 29.0 Å². The Balaban J connectivity index is 2.33. The molecular formula is C14H17BrClN3O. The van der Waals surface area contributed by atoms with Crippen molar-refractivity contribution in [3.05, 3.63) is 45.4 Å². The lowest BCUT2D eigenvalue weighted by molar-refractivity contribution is 0.0540. The molecule has 0 aliphatic heterocycles. The zero-order valence-electron chi connectivity index (χ0n) is 11.6. The summed E-state index contributed by atoms with van der Waals surface area (Å²) in [4.78, 5) is 4.23. The van der Waals surface area contributed by atoms with Gasteiger partial charge in [0.1, 0.15) is 12.2 Å². The molecule has 2 aromatic rings. The first kappa shape index (κ1) is 15.5. The number of aromatic nitrogens is 3. The quantitative estimate of drug-likeness (QED) is 0.906. The lowest BCUT2D eigenvalue weighted by atomic mass is 9.92. The molecule has 1 N–H and O–H groups in total. The largest absolute Gasteiger partial charge is 0.385 e. The van der Waals surface area contributed by atoms with Crippen LogP contribution in [-0.2, 0) is 12.0 Å². The summed E-state index contributed by atoms with van der Waals surface area (Å²) in [6, 6.07) is 5.66. The van der Waals surface area contributed by atoms with Crippen LogP contribution in [0, 0.1) is 0 Å². The van der Waals surface area contributed by atoms with Crippen molar-refractivity contribution in [3.8, 4) is 0 Å². The molecule has 0 radical (unpaired) electrons. The van der Waals surface area contributed by atoms with Gasteiger partial charge in [0.15, 0.2) is 0 Å². The number of rotatable bonds is 4. The second kappa shape index (κ2) is 5.84. The van der Waals surface area contributed by atoms with Crippen molar-refractivity contribution in [1.29, 1.82) is 0 Å². The van der Waals surface area contributed by atoms with Crippen molar-refractivity contribution in [1.82, 2.24) is 14.8 Å². The standard InChI is InChI=1S/C14H17BrClN3O/c1-9(2)19-13(17-8-18-19)7-14(3,20)11-5-4-10(15)6-12(11)16/h4-6,8-9,20H,7H2,1-3H3. The Labute approximate surface area is 131 Å². The van der Waals surface area contributed by atoms with Crippen LogP contribution >= 0.6 is 27.5 Å². The number of benzene rings is 1. The molecule has 1 heterocycles. The van der Waals surface area contributed by atoms with Crippen molar-refractivity contribution in [2.75, 3.05) is 0 Å². The average molecular weight is 359 g/mol. The number of hydrogen-bond acceptors (Lipinski definition) is 3. The van der Waals surface area contributed by atoms with E-state index in [2.05, 4.69) is 26.0 Å². The van der Waals surface area contributed by atoms with Crippen LogP contribution in [0.2, 0.25) is 5.02 Å². The Morgan fingerprint density at radius 2 is 2.15 bits per heavy atom. The summed E-state index contributed by atoms with van der Waals surface area (Å²) in [5.41, 5.74) is -0.419. The van der Waals surface area contributed by atoms with Gasteiger partial charge in [0.25, 0.3) is 0 Å². The van der Waals surface area contributed by atoms with Crippen molar-refractivity contribution in [2.24, 2.45) is 0 Å². The first-order valence-electron chi connectivity index (χ1n) is 6.37. The number of halogens is 2. The third-order valence-electron chi connectivity index (χ3n) is 3.15. The Kier molecular flexibility index (Phi) is 4.52. The lowest BCUT2D eigenvalue weighted by Crippen LogP contribution is -2.27. The van der Waals surface area contributed by atoms with E-state index in [1.54, 1.807) is 17.7 Å². The van der Waals surface area contributed by atoms with E-state index in [-0.39, 0.29) is 6.04 Å². The average Bonchev–Trinajstić information content (AvgIpc) is 2.75. The fourth-order valence-electron chi connectivity index (χ4n) is 2.16. The molecule has 1 unspecified atom stereocenters. The molecule has 20 heavy (non-hydrogen) atoms. The van der Waals surface area contributed by atoms with Crippen LogP contribution < -0.4 is 0 Å². The van der Waals surface area contributed by atoms with Crippen LogP contribution in [0.3, 0.4) is 0 Å². The Hall–Kier alpha value is -0.910. The summed E-state index contributed by atoms with van der Waals surface area (Å²) in [5, 5.41) is 15.5. The summed E-state index contributed by atoms with van der Waals surface area (Å²) in [7, 11) is 0. The molecule has 0 saturated heterocycles. The maximum absolute atomic E-state index is 10.8. The van der Waals surface area contributed by atoms with Gasteiger partial charge in [0.2, 0.25) is 0 Å². The third-order valence-corrected chi connectivity index (χ3v) is 3.96. The maximum atomic E-state index is 10.8. The predicted octanol–water partition coefficient (Wildman–Crippen LogP) is 3.73. The molecule has 0 amide bonds. The van der Waals surface area contributed by atoms with Gasteiger partial charge in [-0.1, -0.05) is 33.6 Å². The first-order chi connectivity index (χ1) is 9.31. The third kappa shape index (κ3) is 3.22. The molecule has 1 atom stereocenters. The molecular weight excluding hydrogens is 342 g/mol. The highest BCUT2D eigenvalue weighted by atomic mass is 79.9. The summed E-state index contributed by atoms with van der Waals surface area (Å²) < 4.78 is 2.69. The summed E-state index contributed by atoms with van der Waals surface area (Å²) in [6.07, 6.45) is 1.86. The van der Waals surface area contributed by atoms with E-state index in [1.165, 1.54) is 6.33 Å². The second-order valence-corrected chi connectivity index (χ2v) is 6.61. The van der Waals surface area contributed by atoms with E-state index in [4.69, 9.17) is 11.6 Å². The van der Waals surface area contributed by atoms with Crippen LogP contribution in [0.25, 0.3) is 0 Å². The van der Waals surface area contributed by atoms with E-state index < -0.39 is 5.60 Å². The van der Waals surface area contributed by atoms with Crippen molar-refractivity contribution < 1.29 is 5.11 Å². The van der Waals surface area contributed by atoms with Gasteiger partial charge in [-0.15, -0.1) is 0 Å². The first-order valence-corrected chi connectivity index (χ1v) is 7.54. The van der Waals surface area contributed by atoms with Gasteiger partial charge in [-0.25, -0.2) is 9.67 Å². The van der Waals surface area contributed by atoms with Crippen LogP contribution in [-0.4, -0.2) is 19.9 Å². The molecule has 0 spiro atoms. The van der Waals surface area contributed by atoms with E-state index in [0.29, 0.717) is 17.0 Å². The highest BCUT2D eigenvalue weighted by Gasteiger charge is 2.28. The van der Waals surface area contributed by atoms with E-state index in [9.17, 15) is 5.11 Å². The maximum Gasteiger partial charge on any atom is 0.138 e. The molecule has 108 valence electrons. The van der Waals surface area contributed by atoms with Crippen molar-refractivity contribution >= 4 is 27.5 Å². The van der Waals surface area contributed by atoms with E-state index in [0.717, 1.165) is 10.3 Å². The molecule has 1 aromatic carbocycles. The van der Waals surface area contributed by atoms with Gasteiger partial charge in [0, 0.05) is 27.5 Å². The van der Waals surface area contributed by atoms with Crippen molar-refractivity contribution in [2.45, 2.75) is 38.8 Å². The molecule has 0 aliphatic carbocycles. The second-order valence-electron chi connectivity index (χ2n) is 5.29. The monoisotopic (exact) mass is 357 g/mol. The van der Waals surface area contributed by atoms with Gasteiger partial charge in [0.05, 0.1) is 5.60 Å². The zero-order chi connectivity index (χ0) is 14.9. The molecule has 0 saturated carbocycles. The molecule has 1 aromatic heterocycles. The van der Waals surface area contributed by atoms with Crippen LogP contribution in [0.5, 0.6) is 0 Å². The minimum absolute atomic E-state index is 0.198. The smallest absolute Gasteiger partial charge is 0.138 e. The highest BCUT2D eigenvalue weighted by molar-refractivity contribution is 9.10. The SMILES string of the molecule is CC(C)n1ncnc1CC(C)(O)c1ccc(Br)cc1Cl. The molecule has 0 aliphatic rings. The van der Waals surface area contributed by atoms with Crippen LogP contribution in [0.1, 0.15) is 38.2 Å². The minimum Gasteiger partial charge on any atom is -0.385 e. The minimum atomic E-state index is -1.10. The van der Waals surface area contributed by atoms with E-state index in [1.807, 2.05) is 26.0 Å². The highest BCUT2D eigenvalue weighted by Crippen LogP contribution is 2.32. The molecule has 0 bridgehead atoms. The van der Waals surface area contributed by atoms with Gasteiger partial charge in [-0.2, -0.15) is 5.10 Å². The molecule has 0 fully saturated rings. The zero-order valence-corrected chi connectivity index (χ0v) is 14.0. The lowest BCUT2D eigenvalue weighted by Gasteiger charge is -2.25. The summed E-state index contributed by atoms with van der Waals surface area (Å²) >= 11 is 9.59. The summed E-state index contributed by atoms with van der Waals surface area (Å²) in [6.45, 7) is 5.79. The fraction of sp³-hybridized carbons (Fsp3) is 0.429. The predicted molar refractivity (Wildman–Crippen MR) is 82.8 cm³/mol. The van der Waals surface area contributed by atoms with E-state index >= 15 is 0 Å². The molecule has 4 nitrogen and oxygen atoms in total. The van der Waals surface area contributed by atoms with Crippen LogP contribution in [0.4, 0.5) is 0 Å². The summed E-state index contributed by atoms with van der Waals surface area (Å²) in [5.74, 6) is 0.740. The van der Waals surface area contributed by atoms with Gasteiger partial charge in [-0.3, -0.25) is 0 Å². The Morgan fingerprint density at radius 1 is 1.45 bits per heavy atom. The number of aliphatic hydroxyl groups is 1. The normalized spacial score (nSPS) is 14.6. The number of hydrogen-bond donors (Lipinski definition) is 1. The number of nitrogens with zero attached hydrogens (tertiary/aromatic N) is 3. The van der Waals surface area contributed by atoms with Gasteiger partial charge >= 0.3 is 0 Å². The van der Waals surface area contributed by atoms with Gasteiger partial charge < -0.3 is 5.11 Å². The van der Waals surface area contributed by atoms with Gasteiger partial charge in [-0.05, 0) is 32.9 Å². The fourth-order valence-corrected chi connectivity index (χ4v) is 3.04. The molecule has 6 heteroatoms. The Bertz CT molecular complexity index is 610. The van der Waals surface area contributed by atoms with Crippen molar-refractivity contribution in [3.63, 3.8) is 0 Å². The molecule has 2 rings (SSSR count).